The van der Waals surface area contributed by atoms with Gasteiger partial charge in [-0.1, -0.05) is 17.7 Å². The van der Waals surface area contributed by atoms with E-state index in [4.69, 9.17) is 21.1 Å². The van der Waals surface area contributed by atoms with Gasteiger partial charge in [-0.3, -0.25) is 4.79 Å². The number of rotatable bonds is 4. The number of methoxy groups -OCH3 is 2. The number of amides is 1. The monoisotopic (exact) mass is 429 g/mol. The third-order valence-corrected chi connectivity index (χ3v) is 4.93. The minimum absolute atomic E-state index is 0.0749. The summed E-state index contributed by atoms with van der Waals surface area (Å²) in [5.41, 5.74) is -0.517. The van der Waals surface area contributed by atoms with Crippen molar-refractivity contribution in [2.45, 2.75) is 6.18 Å². The molecule has 0 radical (unpaired) electrons. The van der Waals surface area contributed by atoms with Gasteiger partial charge in [0.25, 0.3) is 5.91 Å². The molecule has 29 heavy (non-hydrogen) atoms. The topological polar surface area (TPSA) is 54.9 Å². The fraction of sp³-hybridized carbons (Fsp3) is 0.368. The van der Waals surface area contributed by atoms with E-state index in [0.29, 0.717) is 43.2 Å². The Labute approximate surface area is 170 Å². The van der Waals surface area contributed by atoms with Crippen LogP contribution in [-0.2, 0) is 6.18 Å². The van der Waals surface area contributed by atoms with Gasteiger partial charge in [-0.15, -0.1) is 0 Å². The summed E-state index contributed by atoms with van der Waals surface area (Å²) in [5.74, 6) is 0.866. The third kappa shape index (κ3) is 4.34. The Balaban J connectivity index is 1.72. The van der Waals surface area contributed by atoms with Gasteiger partial charge in [-0.25, -0.2) is 4.98 Å². The molecule has 1 amide bonds. The minimum Gasteiger partial charge on any atom is -0.493 e. The van der Waals surface area contributed by atoms with Crippen molar-refractivity contribution < 1.29 is 27.4 Å². The molecular formula is C19H19ClF3N3O3. The average molecular weight is 430 g/mol. The first-order valence-electron chi connectivity index (χ1n) is 8.74. The van der Waals surface area contributed by atoms with Gasteiger partial charge >= 0.3 is 6.18 Å². The first-order valence-corrected chi connectivity index (χ1v) is 9.12. The SMILES string of the molecule is COc1cccc(C(=O)N2CCN(c3ncc(C(F)(F)F)cc3Cl)CC2)c1OC. The maximum Gasteiger partial charge on any atom is 0.417 e. The van der Waals surface area contributed by atoms with Crippen molar-refractivity contribution in [3.8, 4) is 11.5 Å². The first kappa shape index (κ1) is 21.0. The number of benzene rings is 1. The first-order chi connectivity index (χ1) is 13.8. The number of ether oxygens (including phenoxy) is 2. The van der Waals surface area contributed by atoms with E-state index >= 15 is 0 Å². The third-order valence-electron chi connectivity index (χ3n) is 4.65. The Morgan fingerprint density at radius 2 is 1.83 bits per heavy atom. The molecule has 1 fully saturated rings. The zero-order valence-electron chi connectivity index (χ0n) is 15.8. The van der Waals surface area contributed by atoms with Crippen LogP contribution in [0, 0.1) is 0 Å². The van der Waals surface area contributed by atoms with Crippen molar-refractivity contribution in [3.63, 3.8) is 0 Å². The summed E-state index contributed by atoms with van der Waals surface area (Å²) in [4.78, 5) is 20.2. The van der Waals surface area contributed by atoms with Crippen molar-refractivity contribution in [2.75, 3.05) is 45.3 Å². The number of para-hydroxylation sites is 1. The highest BCUT2D eigenvalue weighted by molar-refractivity contribution is 6.33. The van der Waals surface area contributed by atoms with Crippen molar-refractivity contribution in [3.05, 3.63) is 46.6 Å². The summed E-state index contributed by atoms with van der Waals surface area (Å²) < 4.78 is 48.9. The van der Waals surface area contributed by atoms with Crippen molar-refractivity contribution >= 4 is 23.3 Å². The van der Waals surface area contributed by atoms with Gasteiger partial charge < -0.3 is 19.3 Å². The van der Waals surface area contributed by atoms with Crippen LogP contribution in [0.1, 0.15) is 15.9 Å². The number of halogens is 4. The summed E-state index contributed by atoms with van der Waals surface area (Å²) >= 11 is 6.02. The standard InChI is InChI=1S/C19H19ClF3N3O3/c1-28-15-5-3-4-13(16(15)29-2)18(27)26-8-6-25(7-9-26)17-14(20)10-12(11-24-17)19(21,22)23/h3-5,10-11H,6-9H2,1-2H3. The number of carbonyl (C=O) groups excluding carboxylic acids is 1. The molecular weight excluding hydrogens is 411 g/mol. The highest BCUT2D eigenvalue weighted by atomic mass is 35.5. The number of piperazine rings is 1. The number of carbonyl (C=O) groups is 1. The second kappa shape index (κ2) is 8.36. The molecule has 0 N–H and O–H groups in total. The number of aromatic nitrogens is 1. The van der Waals surface area contributed by atoms with Crippen LogP contribution in [0.25, 0.3) is 0 Å². The predicted molar refractivity (Wildman–Crippen MR) is 102 cm³/mol. The van der Waals surface area contributed by atoms with Crippen molar-refractivity contribution in [1.82, 2.24) is 9.88 Å². The van der Waals surface area contributed by atoms with Gasteiger partial charge in [0.2, 0.25) is 0 Å². The lowest BCUT2D eigenvalue weighted by Crippen LogP contribution is -2.49. The number of pyridine rings is 1. The molecule has 2 heterocycles. The Kier molecular flexibility index (Phi) is 6.07. The molecule has 0 bridgehead atoms. The Bertz CT molecular complexity index is 900. The van der Waals surface area contributed by atoms with Crippen molar-refractivity contribution in [1.29, 1.82) is 0 Å². The minimum atomic E-state index is -4.50. The molecule has 1 aromatic carbocycles. The largest absolute Gasteiger partial charge is 0.493 e. The lowest BCUT2D eigenvalue weighted by atomic mass is 10.1. The molecule has 2 aromatic rings. The second-order valence-corrected chi connectivity index (χ2v) is 6.75. The van der Waals surface area contributed by atoms with Crippen LogP contribution in [0.15, 0.2) is 30.5 Å². The van der Waals surface area contributed by atoms with Crippen LogP contribution < -0.4 is 14.4 Å². The van der Waals surface area contributed by atoms with E-state index in [9.17, 15) is 18.0 Å². The molecule has 1 saturated heterocycles. The van der Waals surface area contributed by atoms with E-state index in [1.807, 2.05) is 0 Å². The quantitative estimate of drug-likeness (QED) is 0.741. The van der Waals surface area contributed by atoms with Crippen LogP contribution in [0.3, 0.4) is 0 Å². The predicted octanol–water partition coefficient (Wildman–Crippen LogP) is 3.73. The lowest BCUT2D eigenvalue weighted by Gasteiger charge is -2.36. The molecule has 0 unspecified atom stereocenters. The molecule has 0 aliphatic carbocycles. The molecule has 1 aromatic heterocycles. The van der Waals surface area contributed by atoms with E-state index in [1.54, 1.807) is 28.0 Å². The van der Waals surface area contributed by atoms with Gasteiger partial charge in [0, 0.05) is 32.4 Å². The Morgan fingerprint density at radius 1 is 1.14 bits per heavy atom. The van der Waals surface area contributed by atoms with Crippen LogP contribution in [-0.4, -0.2) is 56.2 Å². The van der Waals surface area contributed by atoms with Crippen LogP contribution >= 0.6 is 11.6 Å². The van der Waals surface area contributed by atoms with Gasteiger partial charge in [0.1, 0.15) is 5.82 Å². The number of hydrogen-bond donors (Lipinski definition) is 0. The van der Waals surface area contributed by atoms with E-state index < -0.39 is 11.7 Å². The van der Waals surface area contributed by atoms with Gasteiger partial charge in [0.05, 0.1) is 30.4 Å². The second-order valence-electron chi connectivity index (χ2n) is 6.35. The molecule has 0 saturated carbocycles. The van der Waals surface area contributed by atoms with Crippen molar-refractivity contribution in [2.24, 2.45) is 0 Å². The van der Waals surface area contributed by atoms with Crippen LogP contribution in [0.4, 0.5) is 19.0 Å². The number of hydrogen-bond acceptors (Lipinski definition) is 5. The summed E-state index contributed by atoms with van der Waals surface area (Å²) in [5, 5.41) is -0.0749. The molecule has 156 valence electrons. The van der Waals surface area contributed by atoms with E-state index in [-0.39, 0.29) is 16.7 Å². The van der Waals surface area contributed by atoms with E-state index in [1.165, 1.54) is 14.2 Å². The lowest BCUT2D eigenvalue weighted by molar-refractivity contribution is -0.137. The summed E-state index contributed by atoms with van der Waals surface area (Å²) in [6.07, 6.45) is -3.74. The maximum atomic E-state index is 12.9. The molecule has 10 heteroatoms. The smallest absolute Gasteiger partial charge is 0.417 e. The number of nitrogens with zero attached hydrogens (tertiary/aromatic N) is 3. The number of alkyl halides is 3. The highest BCUT2D eigenvalue weighted by Gasteiger charge is 2.33. The van der Waals surface area contributed by atoms with Gasteiger partial charge in [0.15, 0.2) is 11.5 Å². The maximum absolute atomic E-state index is 12.9. The molecule has 1 aliphatic heterocycles. The normalized spacial score (nSPS) is 14.7. The molecule has 3 rings (SSSR count). The highest BCUT2D eigenvalue weighted by Crippen LogP contribution is 2.34. The average Bonchev–Trinajstić information content (AvgIpc) is 2.72. The van der Waals surface area contributed by atoms with E-state index in [0.717, 1.165) is 12.3 Å². The summed E-state index contributed by atoms with van der Waals surface area (Å²) in [6, 6.07) is 5.93. The zero-order chi connectivity index (χ0) is 21.2. The molecule has 1 aliphatic rings. The fourth-order valence-corrected chi connectivity index (χ4v) is 3.45. The van der Waals surface area contributed by atoms with Gasteiger partial charge in [-0.05, 0) is 18.2 Å². The van der Waals surface area contributed by atoms with Gasteiger partial charge in [-0.2, -0.15) is 13.2 Å². The Morgan fingerprint density at radius 3 is 2.38 bits per heavy atom. The number of anilines is 1. The molecule has 0 spiro atoms. The van der Waals surface area contributed by atoms with E-state index in [2.05, 4.69) is 4.98 Å². The fourth-order valence-electron chi connectivity index (χ4n) is 3.17. The zero-order valence-corrected chi connectivity index (χ0v) is 16.5. The summed E-state index contributed by atoms with van der Waals surface area (Å²) in [6.45, 7) is 1.49. The molecule has 6 nitrogen and oxygen atoms in total. The Hall–Kier alpha value is -2.68. The van der Waals surface area contributed by atoms with Crippen LogP contribution in [0.5, 0.6) is 11.5 Å². The van der Waals surface area contributed by atoms with Crippen LogP contribution in [0.2, 0.25) is 5.02 Å². The summed E-state index contributed by atoms with van der Waals surface area (Å²) in [7, 11) is 2.95. The molecule has 0 atom stereocenters.